The number of amides is 1. The van der Waals surface area contributed by atoms with Gasteiger partial charge in [-0.2, -0.15) is 0 Å². The summed E-state index contributed by atoms with van der Waals surface area (Å²) >= 11 is 0. The first-order valence-corrected chi connectivity index (χ1v) is 11.5. The standard InChI is InChI=1S/C24H26N2O4S/c1-3-23(19-10-6-4-7-11-19)25-24(27)18-26(20-12-8-5-9-13-20)31(28,29)22-16-14-21(30-2)15-17-22/h4-17,23H,3,18H2,1-2H3,(H,25,27)/t23-/m1/s1. The Kier molecular flexibility index (Phi) is 7.31. The third-order valence-corrected chi connectivity index (χ3v) is 6.71. The summed E-state index contributed by atoms with van der Waals surface area (Å²) in [5, 5.41) is 2.96. The second kappa shape index (κ2) is 10.1. The van der Waals surface area contributed by atoms with E-state index in [0.717, 1.165) is 9.87 Å². The monoisotopic (exact) mass is 438 g/mol. The molecule has 162 valence electrons. The van der Waals surface area contributed by atoms with Gasteiger partial charge in [-0.05, 0) is 48.4 Å². The highest BCUT2D eigenvalue weighted by atomic mass is 32.2. The third-order valence-electron chi connectivity index (χ3n) is 4.92. The molecule has 0 heterocycles. The minimum atomic E-state index is -3.96. The first kappa shape index (κ1) is 22.4. The summed E-state index contributed by atoms with van der Waals surface area (Å²) in [5.41, 5.74) is 1.39. The summed E-state index contributed by atoms with van der Waals surface area (Å²) < 4.78 is 33.0. The zero-order chi connectivity index (χ0) is 22.3. The molecule has 0 saturated carbocycles. The van der Waals surface area contributed by atoms with Gasteiger partial charge in [-0.15, -0.1) is 0 Å². The number of para-hydroxylation sites is 1. The molecule has 0 bridgehead atoms. The molecule has 1 N–H and O–H groups in total. The van der Waals surface area contributed by atoms with Gasteiger partial charge in [0.15, 0.2) is 0 Å². The molecule has 6 nitrogen and oxygen atoms in total. The normalized spacial score (nSPS) is 12.1. The highest BCUT2D eigenvalue weighted by molar-refractivity contribution is 7.92. The molecule has 0 fully saturated rings. The molecule has 0 aromatic heterocycles. The van der Waals surface area contributed by atoms with Crippen LogP contribution < -0.4 is 14.4 Å². The molecule has 0 spiro atoms. The first-order valence-electron chi connectivity index (χ1n) is 10.0. The van der Waals surface area contributed by atoms with E-state index >= 15 is 0 Å². The Morgan fingerprint density at radius 2 is 1.52 bits per heavy atom. The van der Waals surface area contributed by atoms with Crippen LogP contribution in [0.2, 0.25) is 0 Å². The van der Waals surface area contributed by atoms with Gasteiger partial charge in [0, 0.05) is 0 Å². The first-order chi connectivity index (χ1) is 15.0. The Bertz CT molecular complexity index is 1090. The van der Waals surface area contributed by atoms with Crippen LogP contribution in [0.15, 0.2) is 89.8 Å². The van der Waals surface area contributed by atoms with Crippen molar-refractivity contribution in [1.29, 1.82) is 0 Å². The van der Waals surface area contributed by atoms with Crippen LogP contribution in [0.25, 0.3) is 0 Å². The molecule has 0 aliphatic rings. The molecule has 31 heavy (non-hydrogen) atoms. The molecule has 0 aliphatic heterocycles. The number of nitrogens with zero attached hydrogens (tertiary/aromatic N) is 1. The van der Waals surface area contributed by atoms with E-state index in [9.17, 15) is 13.2 Å². The van der Waals surface area contributed by atoms with Crippen molar-refractivity contribution < 1.29 is 17.9 Å². The van der Waals surface area contributed by atoms with E-state index in [4.69, 9.17) is 4.74 Å². The van der Waals surface area contributed by atoms with E-state index in [2.05, 4.69) is 5.32 Å². The highest BCUT2D eigenvalue weighted by Crippen LogP contribution is 2.25. The number of ether oxygens (including phenoxy) is 1. The maximum atomic E-state index is 13.4. The minimum absolute atomic E-state index is 0.0834. The Hall–Kier alpha value is -3.32. The van der Waals surface area contributed by atoms with Crippen molar-refractivity contribution in [2.75, 3.05) is 18.0 Å². The Labute approximate surface area is 183 Å². The highest BCUT2D eigenvalue weighted by Gasteiger charge is 2.28. The fourth-order valence-corrected chi connectivity index (χ4v) is 4.68. The van der Waals surface area contributed by atoms with E-state index in [1.807, 2.05) is 37.3 Å². The zero-order valence-corrected chi connectivity index (χ0v) is 18.4. The van der Waals surface area contributed by atoms with Gasteiger partial charge in [-0.3, -0.25) is 9.10 Å². The van der Waals surface area contributed by atoms with Crippen molar-refractivity contribution in [3.63, 3.8) is 0 Å². The molecular weight excluding hydrogens is 412 g/mol. The Morgan fingerprint density at radius 3 is 2.06 bits per heavy atom. The number of anilines is 1. The van der Waals surface area contributed by atoms with Crippen LogP contribution in [0.1, 0.15) is 24.9 Å². The van der Waals surface area contributed by atoms with Crippen molar-refractivity contribution in [1.82, 2.24) is 5.32 Å². The van der Waals surface area contributed by atoms with Gasteiger partial charge in [-0.1, -0.05) is 55.5 Å². The zero-order valence-electron chi connectivity index (χ0n) is 17.6. The smallest absolute Gasteiger partial charge is 0.264 e. The number of benzene rings is 3. The lowest BCUT2D eigenvalue weighted by atomic mass is 10.0. The largest absolute Gasteiger partial charge is 0.497 e. The lowest BCUT2D eigenvalue weighted by Crippen LogP contribution is -2.42. The second-order valence-electron chi connectivity index (χ2n) is 6.96. The molecule has 7 heteroatoms. The summed E-state index contributed by atoms with van der Waals surface area (Å²) in [7, 11) is -2.45. The molecule has 3 aromatic carbocycles. The van der Waals surface area contributed by atoms with Crippen molar-refractivity contribution in [3.05, 3.63) is 90.5 Å². The average Bonchev–Trinajstić information content (AvgIpc) is 2.82. The molecule has 0 aliphatic carbocycles. The number of hydrogen-bond donors (Lipinski definition) is 1. The summed E-state index contributed by atoms with van der Waals surface area (Å²) in [6.45, 7) is 1.64. The summed E-state index contributed by atoms with van der Waals surface area (Å²) in [4.78, 5) is 13.0. The topological polar surface area (TPSA) is 75.7 Å². The third kappa shape index (κ3) is 5.44. The van der Waals surface area contributed by atoms with Crippen LogP contribution in [-0.2, 0) is 14.8 Å². The number of sulfonamides is 1. The van der Waals surface area contributed by atoms with Gasteiger partial charge >= 0.3 is 0 Å². The fraction of sp³-hybridized carbons (Fsp3) is 0.208. The van der Waals surface area contributed by atoms with Crippen LogP contribution in [0, 0.1) is 0 Å². The maximum absolute atomic E-state index is 13.4. The van der Waals surface area contributed by atoms with Crippen molar-refractivity contribution in [2.45, 2.75) is 24.3 Å². The number of methoxy groups -OCH3 is 1. The maximum Gasteiger partial charge on any atom is 0.264 e. The van der Waals surface area contributed by atoms with Crippen molar-refractivity contribution in [2.24, 2.45) is 0 Å². The number of rotatable bonds is 9. The molecule has 0 saturated heterocycles. The molecule has 0 radical (unpaired) electrons. The number of carbonyl (C=O) groups excluding carboxylic acids is 1. The Balaban J connectivity index is 1.88. The molecule has 3 aromatic rings. The second-order valence-corrected chi connectivity index (χ2v) is 8.82. The van der Waals surface area contributed by atoms with E-state index < -0.39 is 10.0 Å². The van der Waals surface area contributed by atoms with E-state index in [0.29, 0.717) is 17.9 Å². The number of carbonyl (C=O) groups is 1. The van der Waals surface area contributed by atoms with Gasteiger partial charge in [0.2, 0.25) is 5.91 Å². The van der Waals surface area contributed by atoms with Gasteiger partial charge in [0.25, 0.3) is 10.0 Å². The lowest BCUT2D eigenvalue weighted by molar-refractivity contribution is -0.120. The molecule has 1 atom stereocenters. The SMILES string of the molecule is CC[C@@H](NC(=O)CN(c1ccccc1)S(=O)(=O)c1ccc(OC)cc1)c1ccccc1. The number of nitrogens with one attached hydrogen (secondary N) is 1. The van der Waals surface area contributed by atoms with Crippen LogP contribution >= 0.6 is 0 Å². The van der Waals surface area contributed by atoms with E-state index in [-0.39, 0.29) is 23.4 Å². The predicted octanol–water partition coefficient (Wildman–Crippen LogP) is 4.16. The van der Waals surface area contributed by atoms with Crippen LogP contribution in [0.3, 0.4) is 0 Å². The quantitative estimate of drug-likeness (QED) is 0.544. The van der Waals surface area contributed by atoms with Gasteiger partial charge in [0.1, 0.15) is 12.3 Å². The number of hydrogen-bond acceptors (Lipinski definition) is 4. The van der Waals surface area contributed by atoms with E-state index in [1.165, 1.54) is 19.2 Å². The Morgan fingerprint density at radius 1 is 0.935 bits per heavy atom. The van der Waals surface area contributed by atoms with Gasteiger partial charge in [-0.25, -0.2) is 8.42 Å². The fourth-order valence-electron chi connectivity index (χ4n) is 3.26. The molecule has 3 rings (SSSR count). The van der Waals surface area contributed by atoms with Crippen molar-refractivity contribution >= 4 is 21.6 Å². The summed E-state index contributed by atoms with van der Waals surface area (Å²) in [6, 6.07) is 24.1. The molecule has 0 unspecified atom stereocenters. The van der Waals surface area contributed by atoms with Crippen molar-refractivity contribution in [3.8, 4) is 5.75 Å². The lowest BCUT2D eigenvalue weighted by Gasteiger charge is -2.25. The predicted molar refractivity (Wildman–Crippen MR) is 122 cm³/mol. The average molecular weight is 439 g/mol. The van der Waals surface area contributed by atoms with Gasteiger partial charge < -0.3 is 10.1 Å². The van der Waals surface area contributed by atoms with Gasteiger partial charge in [0.05, 0.1) is 23.7 Å². The molecular formula is C24H26N2O4S. The molecule has 1 amide bonds. The summed E-state index contributed by atoms with van der Waals surface area (Å²) in [5.74, 6) is 0.174. The van der Waals surface area contributed by atoms with Crippen LogP contribution in [-0.4, -0.2) is 28.0 Å². The van der Waals surface area contributed by atoms with E-state index in [1.54, 1.807) is 42.5 Å². The minimum Gasteiger partial charge on any atom is -0.497 e. The summed E-state index contributed by atoms with van der Waals surface area (Å²) in [6.07, 6.45) is 0.687. The van der Waals surface area contributed by atoms with Crippen LogP contribution in [0.5, 0.6) is 5.75 Å². The van der Waals surface area contributed by atoms with Crippen LogP contribution in [0.4, 0.5) is 5.69 Å².